The average molecular weight is 364 g/mol. The van der Waals surface area contributed by atoms with Crippen LogP contribution in [0.25, 0.3) is 28.3 Å². The normalized spacial score (nSPS) is 11.0. The first-order valence-electron chi connectivity index (χ1n) is 7.91. The molecule has 0 atom stereocenters. The average Bonchev–Trinajstić information content (AvgIpc) is 3.05. The molecule has 0 aliphatic rings. The van der Waals surface area contributed by atoms with Crippen LogP contribution < -0.4 is 5.73 Å². The Morgan fingerprint density at radius 3 is 2.54 bits per heavy atom. The number of hydrogen-bond donors (Lipinski definition) is 1. The highest BCUT2D eigenvalue weighted by molar-refractivity contribution is 6.33. The molecule has 0 spiro atoms. The van der Waals surface area contributed by atoms with Gasteiger partial charge in [-0.15, -0.1) is 0 Å². The van der Waals surface area contributed by atoms with Crippen molar-refractivity contribution in [3.63, 3.8) is 0 Å². The molecule has 6 nitrogen and oxygen atoms in total. The Morgan fingerprint density at radius 2 is 1.81 bits per heavy atom. The van der Waals surface area contributed by atoms with Crippen LogP contribution in [0.15, 0.2) is 54.9 Å². The zero-order valence-corrected chi connectivity index (χ0v) is 14.6. The second-order valence-corrected chi connectivity index (χ2v) is 6.21. The van der Waals surface area contributed by atoms with Crippen molar-refractivity contribution in [2.45, 2.75) is 6.92 Å². The van der Waals surface area contributed by atoms with Gasteiger partial charge in [-0.1, -0.05) is 41.9 Å². The first-order valence-corrected chi connectivity index (χ1v) is 8.29. The molecule has 7 heteroatoms. The van der Waals surface area contributed by atoms with Gasteiger partial charge < -0.3 is 5.73 Å². The standard InChI is InChI=1S/C19H14ClN5O/c1-11-9-13(18(21)26)16(17(20)22-11)14-7-8-25-10-15(24-19(25)23-14)12-5-3-2-4-6-12/h2-10H,1H3,(H2,21,26). The Kier molecular flexibility index (Phi) is 3.89. The third-order valence-corrected chi connectivity index (χ3v) is 4.29. The maximum atomic E-state index is 11.8. The van der Waals surface area contributed by atoms with E-state index in [4.69, 9.17) is 17.3 Å². The lowest BCUT2D eigenvalue weighted by Gasteiger charge is -2.09. The van der Waals surface area contributed by atoms with Gasteiger partial charge in [0.05, 0.1) is 22.5 Å². The molecule has 4 rings (SSSR count). The Hall–Kier alpha value is -3.25. The van der Waals surface area contributed by atoms with E-state index < -0.39 is 5.91 Å². The van der Waals surface area contributed by atoms with Gasteiger partial charge in [0.1, 0.15) is 5.15 Å². The van der Waals surface area contributed by atoms with Crippen molar-refractivity contribution >= 4 is 23.3 Å². The summed E-state index contributed by atoms with van der Waals surface area (Å²) in [7, 11) is 0. The summed E-state index contributed by atoms with van der Waals surface area (Å²) in [5.41, 5.74) is 9.11. The van der Waals surface area contributed by atoms with Crippen molar-refractivity contribution in [1.29, 1.82) is 0 Å². The zero-order chi connectivity index (χ0) is 18.3. The molecule has 0 fully saturated rings. The lowest BCUT2D eigenvalue weighted by Crippen LogP contribution is -2.14. The van der Waals surface area contributed by atoms with Crippen LogP contribution in [0, 0.1) is 6.92 Å². The smallest absolute Gasteiger partial charge is 0.249 e. The lowest BCUT2D eigenvalue weighted by molar-refractivity contribution is 0.100. The monoisotopic (exact) mass is 363 g/mol. The second kappa shape index (κ2) is 6.24. The van der Waals surface area contributed by atoms with Gasteiger partial charge in [-0.2, -0.15) is 0 Å². The molecule has 0 aliphatic carbocycles. The minimum atomic E-state index is -0.581. The number of nitrogens with zero attached hydrogens (tertiary/aromatic N) is 4. The van der Waals surface area contributed by atoms with E-state index in [1.807, 2.05) is 47.1 Å². The first-order chi connectivity index (χ1) is 12.5. The SMILES string of the molecule is Cc1cc(C(N)=O)c(-c2ccn3cc(-c4ccccc4)nc3n2)c(Cl)n1. The van der Waals surface area contributed by atoms with Crippen LogP contribution in [0.2, 0.25) is 5.15 Å². The van der Waals surface area contributed by atoms with Crippen molar-refractivity contribution in [2.75, 3.05) is 0 Å². The summed E-state index contributed by atoms with van der Waals surface area (Å²) in [6.45, 7) is 1.75. The van der Waals surface area contributed by atoms with E-state index in [2.05, 4.69) is 15.0 Å². The predicted octanol–water partition coefficient (Wildman–Crippen LogP) is 3.52. The number of pyridine rings is 1. The minimum absolute atomic E-state index is 0.186. The topological polar surface area (TPSA) is 86.2 Å². The predicted molar refractivity (Wildman–Crippen MR) is 99.9 cm³/mol. The maximum absolute atomic E-state index is 11.8. The minimum Gasteiger partial charge on any atom is -0.366 e. The molecule has 3 heterocycles. The number of benzene rings is 1. The molecule has 0 unspecified atom stereocenters. The number of halogens is 1. The van der Waals surface area contributed by atoms with E-state index >= 15 is 0 Å². The summed E-state index contributed by atoms with van der Waals surface area (Å²) >= 11 is 6.28. The van der Waals surface area contributed by atoms with Gasteiger partial charge in [0, 0.05) is 23.7 Å². The number of primary amides is 1. The van der Waals surface area contributed by atoms with Crippen LogP contribution in [0.5, 0.6) is 0 Å². The van der Waals surface area contributed by atoms with Gasteiger partial charge in [0.15, 0.2) is 0 Å². The number of fused-ring (bicyclic) bond motifs is 1. The molecule has 1 aromatic carbocycles. The lowest BCUT2D eigenvalue weighted by atomic mass is 10.1. The number of imidazole rings is 1. The van der Waals surface area contributed by atoms with E-state index in [1.54, 1.807) is 19.1 Å². The number of rotatable bonds is 3. The summed E-state index contributed by atoms with van der Waals surface area (Å²) in [6, 6.07) is 13.2. The summed E-state index contributed by atoms with van der Waals surface area (Å²) in [5.74, 6) is -0.0872. The highest BCUT2D eigenvalue weighted by Gasteiger charge is 2.18. The zero-order valence-electron chi connectivity index (χ0n) is 13.8. The molecule has 1 amide bonds. The number of amides is 1. The molecule has 0 aliphatic heterocycles. The summed E-state index contributed by atoms with van der Waals surface area (Å²) < 4.78 is 1.81. The molecule has 0 saturated heterocycles. The molecule has 3 aromatic heterocycles. The molecule has 0 bridgehead atoms. The maximum Gasteiger partial charge on any atom is 0.249 e. The number of carbonyl (C=O) groups excluding carboxylic acids is 1. The van der Waals surface area contributed by atoms with Crippen molar-refractivity contribution in [1.82, 2.24) is 19.4 Å². The van der Waals surface area contributed by atoms with Crippen molar-refractivity contribution in [2.24, 2.45) is 5.73 Å². The molecule has 128 valence electrons. The fourth-order valence-corrected chi connectivity index (χ4v) is 3.16. The molecular formula is C19H14ClN5O. The number of aromatic nitrogens is 4. The van der Waals surface area contributed by atoms with E-state index in [0.717, 1.165) is 11.3 Å². The number of nitrogens with two attached hydrogens (primary N) is 1. The van der Waals surface area contributed by atoms with E-state index in [1.165, 1.54) is 0 Å². The van der Waals surface area contributed by atoms with E-state index in [9.17, 15) is 4.79 Å². The number of aryl methyl sites for hydroxylation is 1. The van der Waals surface area contributed by atoms with Gasteiger partial charge in [0.25, 0.3) is 0 Å². The third kappa shape index (κ3) is 2.80. The first kappa shape index (κ1) is 16.2. The van der Waals surface area contributed by atoms with Crippen molar-refractivity contribution in [3.8, 4) is 22.5 Å². The summed E-state index contributed by atoms with van der Waals surface area (Å²) in [5, 5.41) is 0.186. The molecule has 0 radical (unpaired) electrons. The number of carbonyl (C=O) groups is 1. The van der Waals surface area contributed by atoms with Crippen molar-refractivity contribution in [3.05, 3.63) is 71.3 Å². The Morgan fingerprint density at radius 1 is 1.08 bits per heavy atom. The van der Waals surface area contributed by atoms with Crippen LogP contribution in [-0.2, 0) is 0 Å². The van der Waals surface area contributed by atoms with Crippen LogP contribution in [0.1, 0.15) is 16.1 Å². The Bertz CT molecular complexity index is 1140. The van der Waals surface area contributed by atoms with Crippen LogP contribution in [0.3, 0.4) is 0 Å². The Balaban J connectivity index is 1.88. The summed E-state index contributed by atoms with van der Waals surface area (Å²) in [4.78, 5) is 25.2. The van der Waals surface area contributed by atoms with Gasteiger partial charge in [-0.05, 0) is 19.1 Å². The number of hydrogen-bond acceptors (Lipinski definition) is 4. The second-order valence-electron chi connectivity index (χ2n) is 5.85. The summed E-state index contributed by atoms with van der Waals surface area (Å²) in [6.07, 6.45) is 3.71. The highest BCUT2D eigenvalue weighted by Crippen LogP contribution is 2.30. The van der Waals surface area contributed by atoms with Gasteiger partial charge in [0.2, 0.25) is 11.7 Å². The van der Waals surface area contributed by atoms with Gasteiger partial charge in [-0.25, -0.2) is 15.0 Å². The van der Waals surface area contributed by atoms with Gasteiger partial charge >= 0.3 is 0 Å². The van der Waals surface area contributed by atoms with Crippen molar-refractivity contribution < 1.29 is 4.79 Å². The fourth-order valence-electron chi connectivity index (χ4n) is 2.83. The van der Waals surface area contributed by atoms with E-state index in [0.29, 0.717) is 22.7 Å². The molecule has 26 heavy (non-hydrogen) atoms. The third-order valence-electron chi connectivity index (χ3n) is 4.02. The molecule has 2 N–H and O–H groups in total. The van der Waals surface area contributed by atoms with Gasteiger partial charge in [-0.3, -0.25) is 9.20 Å². The molecule has 4 aromatic rings. The molecule has 0 saturated carbocycles. The van der Waals surface area contributed by atoms with E-state index in [-0.39, 0.29) is 10.7 Å². The highest BCUT2D eigenvalue weighted by atomic mass is 35.5. The Labute approximate surface area is 154 Å². The van der Waals surface area contributed by atoms with Crippen LogP contribution >= 0.6 is 11.6 Å². The van der Waals surface area contributed by atoms with Crippen LogP contribution in [-0.4, -0.2) is 25.3 Å². The quantitative estimate of drug-likeness (QED) is 0.564. The molecular weight excluding hydrogens is 350 g/mol. The van der Waals surface area contributed by atoms with Crippen LogP contribution in [0.4, 0.5) is 0 Å². The largest absolute Gasteiger partial charge is 0.366 e. The fraction of sp³-hybridized carbons (Fsp3) is 0.0526.